The van der Waals surface area contributed by atoms with Gasteiger partial charge < -0.3 is 40.4 Å². The first-order valence-electron chi connectivity index (χ1n) is 16.2. The number of carbonyl (C=O) groups is 3. The van der Waals surface area contributed by atoms with Gasteiger partial charge in [0.1, 0.15) is 29.7 Å². The van der Waals surface area contributed by atoms with E-state index in [1.165, 1.54) is 37.3 Å². The molecule has 9 atom stereocenters. The van der Waals surface area contributed by atoms with Crippen LogP contribution in [-0.4, -0.2) is 77.8 Å². The number of nitrogen functional groups attached to an aromatic ring is 1. The number of amides is 2. The number of hydrogen-bond acceptors (Lipinski definition) is 9. The van der Waals surface area contributed by atoms with Crippen molar-refractivity contribution in [1.29, 1.82) is 0 Å². The number of aliphatic hydroxyl groups is 1. The van der Waals surface area contributed by atoms with Gasteiger partial charge in [-0.05, 0) is 63.8 Å². The van der Waals surface area contributed by atoms with Crippen LogP contribution in [0.5, 0.6) is 0 Å². The Morgan fingerprint density at radius 1 is 1.21 bits per heavy atom. The molecule has 3 heterocycles. The maximum Gasteiger partial charge on any atom is 0.303 e. The van der Waals surface area contributed by atoms with Gasteiger partial charge in [0.15, 0.2) is 0 Å². The summed E-state index contributed by atoms with van der Waals surface area (Å²) in [6.07, 6.45) is 7.77. The van der Waals surface area contributed by atoms with E-state index in [1.807, 2.05) is 19.9 Å². The number of ether oxygens (including phenoxy) is 4. The van der Waals surface area contributed by atoms with Crippen molar-refractivity contribution in [2.75, 3.05) is 12.3 Å². The van der Waals surface area contributed by atoms with E-state index in [1.54, 1.807) is 13.0 Å². The molecule has 11 nitrogen and oxygen atoms in total. The van der Waals surface area contributed by atoms with Crippen molar-refractivity contribution < 1.29 is 42.8 Å². The number of halogens is 1. The number of hydrogen-bond donors (Lipinski definition) is 4. The number of aliphatic hydroxyl groups excluding tert-OH is 1. The lowest BCUT2D eigenvalue weighted by atomic mass is 9.87. The van der Waals surface area contributed by atoms with Gasteiger partial charge in [-0.25, -0.2) is 4.39 Å². The first-order chi connectivity index (χ1) is 22.2. The molecule has 3 aliphatic rings. The van der Waals surface area contributed by atoms with Crippen LogP contribution in [0.3, 0.4) is 0 Å². The molecule has 0 bridgehead atoms. The zero-order chi connectivity index (χ0) is 34.3. The van der Waals surface area contributed by atoms with E-state index >= 15 is 0 Å². The second-order valence-corrected chi connectivity index (χ2v) is 13.0. The van der Waals surface area contributed by atoms with Crippen molar-refractivity contribution in [2.45, 2.75) is 115 Å². The van der Waals surface area contributed by atoms with Gasteiger partial charge in [-0.1, -0.05) is 30.7 Å². The summed E-state index contributed by atoms with van der Waals surface area (Å²) in [6, 6.07) is 4.07. The molecule has 3 saturated heterocycles. The third-order valence-corrected chi connectivity index (χ3v) is 8.88. The van der Waals surface area contributed by atoms with Crippen LogP contribution in [0, 0.1) is 11.7 Å². The standard InChI is InChI=1S/C35H48FN3O8/c1-20(6-11-30-21(2)14-29(23(4)46-30)39-32(41)13-8-22(3)45-24(5)40)7-12-31-34(43)35(19-44-35)17-27(47-31)16-33(42)38-18-25-15-26(37)9-10-28(25)36/h6-10,12-13,15,21-23,27,29-31,34,43H,11,14,16-19,37H2,1-5H3,(H,38,42)(H,39,41)/b12-7+,13-8?,20-6+/t21-,22?,23+,27+,29+,30-,31+,34+,35+/m0/s1. The van der Waals surface area contributed by atoms with Gasteiger partial charge in [-0.2, -0.15) is 0 Å². The summed E-state index contributed by atoms with van der Waals surface area (Å²) in [5.41, 5.74) is 6.67. The molecule has 0 aromatic heterocycles. The molecule has 0 radical (unpaired) electrons. The topological polar surface area (TPSA) is 162 Å². The predicted molar refractivity (Wildman–Crippen MR) is 173 cm³/mol. The number of nitrogens with two attached hydrogens (primary N) is 1. The Morgan fingerprint density at radius 3 is 2.66 bits per heavy atom. The predicted octanol–water partition coefficient (Wildman–Crippen LogP) is 3.40. The summed E-state index contributed by atoms with van der Waals surface area (Å²) in [4.78, 5) is 36.2. The van der Waals surface area contributed by atoms with Crippen molar-refractivity contribution in [3.8, 4) is 0 Å². The fourth-order valence-corrected chi connectivity index (χ4v) is 6.09. The van der Waals surface area contributed by atoms with Crippen LogP contribution in [0.25, 0.3) is 0 Å². The van der Waals surface area contributed by atoms with Gasteiger partial charge in [-0.3, -0.25) is 14.4 Å². The van der Waals surface area contributed by atoms with E-state index in [-0.39, 0.29) is 48.9 Å². The van der Waals surface area contributed by atoms with Crippen molar-refractivity contribution in [3.05, 3.63) is 65.5 Å². The Kier molecular flexibility index (Phi) is 12.4. The summed E-state index contributed by atoms with van der Waals surface area (Å²) in [5.74, 6) is -1.23. The molecule has 12 heteroatoms. The van der Waals surface area contributed by atoms with Crippen molar-refractivity contribution in [2.24, 2.45) is 5.92 Å². The SMILES string of the molecule is CC(=O)OC(C)C=CC(=O)N[C@@H]1C[C@H](C)[C@H](C/C=C(C)/C=C/[C@H]2O[C@H](CC(=O)NCc3cc(N)ccc3F)C[C@@]3(CO3)[C@@H]2O)O[C@@H]1C. The van der Waals surface area contributed by atoms with E-state index in [0.717, 1.165) is 12.0 Å². The highest BCUT2D eigenvalue weighted by molar-refractivity contribution is 5.87. The summed E-state index contributed by atoms with van der Waals surface area (Å²) < 4.78 is 37.1. The molecule has 1 aromatic carbocycles. The molecule has 1 spiro atoms. The maximum atomic E-state index is 14.0. The number of rotatable bonds is 12. The minimum absolute atomic E-state index is 0.00706. The molecule has 2 amide bonds. The Balaban J connectivity index is 1.26. The number of allylic oxidation sites excluding steroid dienone is 2. The monoisotopic (exact) mass is 657 g/mol. The number of epoxide rings is 1. The van der Waals surface area contributed by atoms with Gasteiger partial charge in [-0.15, -0.1) is 0 Å². The Labute approximate surface area is 275 Å². The minimum atomic E-state index is -0.873. The van der Waals surface area contributed by atoms with Gasteiger partial charge in [0.05, 0.1) is 37.4 Å². The fourth-order valence-electron chi connectivity index (χ4n) is 6.09. The largest absolute Gasteiger partial charge is 0.459 e. The van der Waals surface area contributed by atoms with Crippen LogP contribution in [0.15, 0.2) is 54.2 Å². The highest BCUT2D eigenvalue weighted by Gasteiger charge is 2.58. The lowest BCUT2D eigenvalue weighted by Gasteiger charge is -2.39. The molecule has 47 heavy (non-hydrogen) atoms. The Hall–Kier alpha value is -3.58. The number of esters is 1. The summed E-state index contributed by atoms with van der Waals surface area (Å²) in [6.45, 7) is 9.40. The number of benzene rings is 1. The number of nitrogens with one attached hydrogen (secondary N) is 2. The molecule has 4 rings (SSSR count). The van der Waals surface area contributed by atoms with Gasteiger partial charge in [0.25, 0.3) is 0 Å². The summed E-state index contributed by atoms with van der Waals surface area (Å²) in [7, 11) is 0. The zero-order valence-corrected chi connectivity index (χ0v) is 27.7. The summed E-state index contributed by atoms with van der Waals surface area (Å²) in [5, 5.41) is 16.7. The number of anilines is 1. The van der Waals surface area contributed by atoms with Crippen LogP contribution in [0.2, 0.25) is 0 Å². The lowest BCUT2D eigenvalue weighted by molar-refractivity contribution is -0.145. The fraction of sp³-hybridized carbons (Fsp3) is 0.571. The highest BCUT2D eigenvalue weighted by Crippen LogP contribution is 2.43. The van der Waals surface area contributed by atoms with Gasteiger partial charge in [0.2, 0.25) is 11.8 Å². The quantitative estimate of drug-likeness (QED) is 0.0868. The van der Waals surface area contributed by atoms with Crippen molar-refractivity contribution in [1.82, 2.24) is 10.6 Å². The van der Waals surface area contributed by atoms with Crippen LogP contribution < -0.4 is 16.4 Å². The van der Waals surface area contributed by atoms with E-state index in [2.05, 4.69) is 23.6 Å². The molecular weight excluding hydrogens is 609 g/mol. The molecule has 5 N–H and O–H groups in total. The van der Waals surface area contributed by atoms with E-state index in [0.29, 0.717) is 30.7 Å². The number of carbonyl (C=O) groups excluding carboxylic acids is 3. The molecule has 3 fully saturated rings. The van der Waals surface area contributed by atoms with Gasteiger partial charge in [0, 0.05) is 37.2 Å². The van der Waals surface area contributed by atoms with E-state index in [4.69, 9.17) is 24.7 Å². The molecule has 1 aromatic rings. The van der Waals surface area contributed by atoms with E-state index in [9.17, 15) is 23.9 Å². The van der Waals surface area contributed by atoms with Crippen molar-refractivity contribution >= 4 is 23.5 Å². The Morgan fingerprint density at radius 2 is 1.96 bits per heavy atom. The zero-order valence-electron chi connectivity index (χ0n) is 27.7. The normalized spacial score (nSPS) is 31.6. The smallest absolute Gasteiger partial charge is 0.303 e. The third kappa shape index (κ3) is 10.5. The van der Waals surface area contributed by atoms with Crippen molar-refractivity contribution in [3.63, 3.8) is 0 Å². The van der Waals surface area contributed by atoms with Crippen LogP contribution >= 0.6 is 0 Å². The molecule has 258 valence electrons. The second-order valence-electron chi connectivity index (χ2n) is 13.0. The van der Waals surface area contributed by atoms with Crippen LogP contribution in [0.4, 0.5) is 10.1 Å². The van der Waals surface area contributed by atoms with Gasteiger partial charge >= 0.3 is 5.97 Å². The Bertz CT molecular complexity index is 1380. The van der Waals surface area contributed by atoms with E-state index < -0.39 is 41.8 Å². The maximum absolute atomic E-state index is 14.0. The average Bonchev–Trinajstić information content (AvgIpc) is 3.78. The first kappa shape index (κ1) is 36.3. The third-order valence-electron chi connectivity index (χ3n) is 8.88. The summed E-state index contributed by atoms with van der Waals surface area (Å²) >= 11 is 0. The lowest BCUT2D eigenvalue weighted by Crippen LogP contribution is -2.50. The minimum Gasteiger partial charge on any atom is -0.459 e. The van der Waals surface area contributed by atoms with Crippen LogP contribution in [-0.2, 0) is 39.9 Å². The second kappa shape index (κ2) is 16.0. The molecule has 1 unspecified atom stereocenters. The highest BCUT2D eigenvalue weighted by atomic mass is 19.1. The first-order valence-corrected chi connectivity index (χ1v) is 16.2. The van der Waals surface area contributed by atoms with Crippen LogP contribution in [0.1, 0.15) is 65.9 Å². The molecule has 0 aliphatic carbocycles. The average molecular weight is 658 g/mol. The molecule has 3 aliphatic heterocycles. The molecular formula is C35H48FN3O8. The molecule has 0 saturated carbocycles.